The average molecular weight is 320 g/mol. The van der Waals surface area contributed by atoms with Crippen LogP contribution < -0.4 is 11.5 Å². The van der Waals surface area contributed by atoms with E-state index in [1.807, 2.05) is 0 Å². The lowest BCUT2D eigenvalue weighted by atomic mass is 10.1. The number of hydrogen-bond donors (Lipinski definition) is 4. The van der Waals surface area contributed by atoms with Gasteiger partial charge in [0.2, 0.25) is 0 Å². The summed E-state index contributed by atoms with van der Waals surface area (Å²) in [7, 11) is 0. The Morgan fingerprint density at radius 3 is 2.74 bits per heavy atom. The van der Waals surface area contributed by atoms with Crippen LogP contribution in [0.25, 0.3) is 11.0 Å². The van der Waals surface area contributed by atoms with E-state index in [2.05, 4.69) is 14.9 Å². The summed E-state index contributed by atoms with van der Waals surface area (Å²) in [6, 6.07) is 0. The first-order chi connectivity index (χ1) is 11.1. The highest BCUT2D eigenvalue weighted by Gasteiger charge is 2.45. The monoisotopic (exact) mass is 320 g/mol. The predicted octanol–water partition coefficient (Wildman–Crippen LogP) is -1.59. The molecule has 9 nitrogen and oxygen atoms in total. The van der Waals surface area contributed by atoms with Crippen molar-refractivity contribution in [2.24, 2.45) is 5.73 Å². The lowest BCUT2D eigenvalue weighted by Crippen LogP contribution is -2.35. The normalized spacial score (nSPS) is 31.1. The van der Waals surface area contributed by atoms with E-state index in [9.17, 15) is 10.2 Å². The highest BCUT2D eigenvalue weighted by atomic mass is 16.6. The Hall–Kier alpha value is -1.78. The number of hydrogen-bond acceptors (Lipinski definition) is 8. The van der Waals surface area contributed by atoms with Crippen molar-refractivity contribution in [3.63, 3.8) is 0 Å². The minimum atomic E-state index is -1.04. The summed E-state index contributed by atoms with van der Waals surface area (Å²) in [5.41, 5.74) is 13.0. The van der Waals surface area contributed by atoms with Crippen LogP contribution in [0.1, 0.15) is 11.8 Å². The number of aromatic nitrogens is 3. The molecule has 0 spiro atoms. The van der Waals surface area contributed by atoms with Crippen molar-refractivity contribution < 1.29 is 14.9 Å². The van der Waals surface area contributed by atoms with Crippen LogP contribution in [0, 0.1) is 0 Å². The number of ether oxygens (including phenoxy) is 1. The fourth-order valence-corrected chi connectivity index (χ4v) is 3.15. The van der Waals surface area contributed by atoms with Crippen molar-refractivity contribution in [1.29, 1.82) is 0 Å². The topological polar surface area (TPSA) is 135 Å². The van der Waals surface area contributed by atoms with E-state index >= 15 is 0 Å². The molecule has 0 bridgehead atoms. The highest BCUT2D eigenvalue weighted by molar-refractivity contribution is 5.89. The first-order valence-corrected chi connectivity index (χ1v) is 7.64. The molecule has 2 aromatic rings. The molecule has 124 valence electrons. The zero-order chi connectivity index (χ0) is 16.1. The van der Waals surface area contributed by atoms with Crippen LogP contribution in [0.4, 0.5) is 5.82 Å². The number of nitrogens with zero attached hydrogens (tertiary/aromatic N) is 4. The molecule has 2 saturated heterocycles. The summed E-state index contributed by atoms with van der Waals surface area (Å²) >= 11 is 0. The number of nitrogens with two attached hydrogens (primary N) is 2. The van der Waals surface area contributed by atoms with Gasteiger partial charge in [-0.15, -0.1) is 0 Å². The molecule has 2 aliphatic rings. The predicted molar refractivity (Wildman–Crippen MR) is 82.2 cm³/mol. The zero-order valence-corrected chi connectivity index (χ0v) is 12.5. The molecule has 2 aromatic heterocycles. The zero-order valence-electron chi connectivity index (χ0n) is 12.5. The van der Waals surface area contributed by atoms with Gasteiger partial charge in [0.05, 0.1) is 5.39 Å². The van der Waals surface area contributed by atoms with Gasteiger partial charge in [-0.05, 0) is 5.56 Å². The van der Waals surface area contributed by atoms with Gasteiger partial charge in [0, 0.05) is 32.4 Å². The molecule has 2 aliphatic heterocycles. The molecule has 2 unspecified atom stereocenters. The SMILES string of the molecule is NCc1cn([C@@H]2O[C@H](CN3CC3)C(O)C2O)c2ncnc(N)c12. The number of nitrogen functional groups attached to an aromatic ring is 1. The van der Waals surface area contributed by atoms with Crippen molar-refractivity contribution in [2.75, 3.05) is 25.4 Å². The van der Waals surface area contributed by atoms with E-state index in [4.69, 9.17) is 16.2 Å². The second-order valence-electron chi connectivity index (χ2n) is 6.07. The molecule has 0 aromatic carbocycles. The fraction of sp³-hybridized carbons (Fsp3) is 0.571. The molecule has 6 N–H and O–H groups in total. The Bertz CT molecular complexity index is 731. The number of rotatable bonds is 4. The van der Waals surface area contributed by atoms with Gasteiger partial charge in [-0.25, -0.2) is 9.97 Å². The maximum Gasteiger partial charge on any atom is 0.164 e. The summed E-state index contributed by atoms with van der Waals surface area (Å²) in [6.07, 6.45) is -0.0335. The van der Waals surface area contributed by atoms with Gasteiger partial charge in [0.1, 0.15) is 36.1 Å². The van der Waals surface area contributed by atoms with Crippen LogP contribution in [0.3, 0.4) is 0 Å². The number of anilines is 1. The minimum Gasteiger partial charge on any atom is -0.387 e. The van der Waals surface area contributed by atoms with Crippen LogP contribution in [0.5, 0.6) is 0 Å². The van der Waals surface area contributed by atoms with Gasteiger partial charge >= 0.3 is 0 Å². The van der Waals surface area contributed by atoms with E-state index in [0.29, 0.717) is 23.4 Å². The summed E-state index contributed by atoms with van der Waals surface area (Å²) in [5, 5.41) is 21.3. The molecular formula is C14H20N6O3. The Kier molecular flexibility index (Phi) is 3.47. The van der Waals surface area contributed by atoms with E-state index in [1.165, 1.54) is 6.33 Å². The van der Waals surface area contributed by atoms with Gasteiger partial charge < -0.3 is 31.0 Å². The van der Waals surface area contributed by atoms with E-state index in [-0.39, 0.29) is 6.54 Å². The maximum atomic E-state index is 10.4. The fourth-order valence-electron chi connectivity index (χ4n) is 3.15. The molecule has 2 fully saturated rings. The molecule has 4 atom stereocenters. The third-order valence-corrected chi connectivity index (χ3v) is 4.53. The van der Waals surface area contributed by atoms with Crippen LogP contribution >= 0.6 is 0 Å². The second kappa shape index (κ2) is 5.39. The summed E-state index contributed by atoms with van der Waals surface area (Å²) in [6.45, 7) is 2.88. The van der Waals surface area contributed by atoms with Crippen molar-refractivity contribution in [3.8, 4) is 0 Å². The summed E-state index contributed by atoms with van der Waals surface area (Å²) < 4.78 is 7.59. The van der Waals surface area contributed by atoms with Gasteiger partial charge in [0.25, 0.3) is 0 Å². The van der Waals surface area contributed by atoms with Crippen molar-refractivity contribution in [2.45, 2.75) is 31.1 Å². The summed E-state index contributed by atoms with van der Waals surface area (Å²) in [5.74, 6) is 0.336. The minimum absolute atomic E-state index is 0.268. The highest BCUT2D eigenvalue weighted by Crippen LogP contribution is 2.35. The van der Waals surface area contributed by atoms with E-state index in [1.54, 1.807) is 10.8 Å². The van der Waals surface area contributed by atoms with Gasteiger partial charge in [-0.1, -0.05) is 0 Å². The Morgan fingerprint density at radius 2 is 2.04 bits per heavy atom. The number of aliphatic hydroxyl groups excluding tert-OH is 2. The average Bonchev–Trinajstić information content (AvgIpc) is 3.22. The van der Waals surface area contributed by atoms with Gasteiger partial charge in [-0.2, -0.15) is 0 Å². The number of aliphatic hydroxyl groups is 2. The van der Waals surface area contributed by atoms with E-state index in [0.717, 1.165) is 18.7 Å². The standard InChI is InChI=1S/C14H20N6O3/c15-3-7-4-20(13-9(7)12(16)17-6-18-13)14-11(22)10(21)8(23-14)5-19-1-2-19/h4,6,8,10-11,14,21-22H,1-3,5,15H2,(H2,16,17,18)/t8-,10?,11?,14-/m1/s1. The van der Waals surface area contributed by atoms with E-state index < -0.39 is 24.5 Å². The molecule has 4 rings (SSSR count). The summed E-state index contributed by atoms with van der Waals surface area (Å²) in [4.78, 5) is 10.4. The van der Waals surface area contributed by atoms with Crippen LogP contribution in [0.2, 0.25) is 0 Å². The number of fused-ring (bicyclic) bond motifs is 1. The lowest BCUT2D eigenvalue weighted by Gasteiger charge is -2.17. The van der Waals surface area contributed by atoms with Crippen LogP contribution in [-0.4, -0.2) is 67.6 Å². The largest absolute Gasteiger partial charge is 0.387 e. The van der Waals surface area contributed by atoms with Gasteiger partial charge in [0.15, 0.2) is 6.23 Å². The molecule has 0 amide bonds. The molecule has 0 aliphatic carbocycles. The Labute approximate surface area is 132 Å². The van der Waals surface area contributed by atoms with Gasteiger partial charge in [-0.3, -0.25) is 4.90 Å². The Balaban J connectivity index is 1.72. The molecule has 0 radical (unpaired) electrons. The molecule has 0 saturated carbocycles. The maximum absolute atomic E-state index is 10.4. The first kappa shape index (κ1) is 14.8. The van der Waals surface area contributed by atoms with Crippen LogP contribution in [-0.2, 0) is 11.3 Å². The first-order valence-electron chi connectivity index (χ1n) is 7.64. The van der Waals surface area contributed by atoms with Crippen molar-refractivity contribution in [3.05, 3.63) is 18.1 Å². The molecule has 4 heterocycles. The van der Waals surface area contributed by atoms with Crippen molar-refractivity contribution in [1.82, 2.24) is 19.4 Å². The van der Waals surface area contributed by atoms with Crippen LogP contribution in [0.15, 0.2) is 12.5 Å². The third kappa shape index (κ3) is 2.37. The van der Waals surface area contributed by atoms with Crippen molar-refractivity contribution >= 4 is 16.9 Å². The molecule has 9 heteroatoms. The quantitative estimate of drug-likeness (QED) is 0.495. The second-order valence-corrected chi connectivity index (χ2v) is 6.07. The lowest BCUT2D eigenvalue weighted by molar-refractivity contribution is -0.0373. The third-order valence-electron chi connectivity index (χ3n) is 4.53. The Morgan fingerprint density at radius 1 is 1.26 bits per heavy atom. The molecular weight excluding hydrogens is 300 g/mol. The molecule has 23 heavy (non-hydrogen) atoms. The smallest absolute Gasteiger partial charge is 0.164 e.